The maximum absolute atomic E-state index is 11.3. The molecule has 0 saturated carbocycles. The zero-order valence-corrected chi connectivity index (χ0v) is 13.5. The minimum Gasteiger partial charge on any atom is -0.497 e. The molecule has 24 heavy (non-hydrogen) atoms. The first-order valence-electron chi connectivity index (χ1n) is 6.99. The van der Waals surface area contributed by atoms with Crippen LogP contribution in [-0.4, -0.2) is 24.1 Å². The molecule has 0 bridgehead atoms. The molecule has 2 aromatic rings. The molecule has 0 saturated heterocycles. The predicted octanol–water partition coefficient (Wildman–Crippen LogP) is 3.07. The first-order valence-corrected chi connectivity index (χ1v) is 6.99. The number of nitrogens with zero attached hydrogens (tertiary/aromatic N) is 3. The lowest BCUT2D eigenvalue weighted by Crippen LogP contribution is -2.08. The number of rotatable bonds is 6. The molecular formula is C16H16N4O4. The lowest BCUT2D eigenvalue weighted by atomic mass is 10.1. The van der Waals surface area contributed by atoms with Gasteiger partial charge in [-0.05, 0) is 31.2 Å². The molecule has 1 N–H and O–H groups in total. The van der Waals surface area contributed by atoms with Gasteiger partial charge in [0.15, 0.2) is 0 Å². The smallest absolute Gasteiger partial charge is 0.297 e. The molecule has 1 aromatic carbocycles. The van der Waals surface area contributed by atoms with Crippen molar-refractivity contribution in [2.24, 2.45) is 0 Å². The van der Waals surface area contributed by atoms with E-state index in [9.17, 15) is 15.4 Å². The van der Waals surface area contributed by atoms with Gasteiger partial charge in [0.1, 0.15) is 28.9 Å². The number of anilines is 2. The summed E-state index contributed by atoms with van der Waals surface area (Å²) in [5.74, 6) is 0.937. The minimum absolute atomic E-state index is 0.0557. The molecule has 2 rings (SSSR count). The Morgan fingerprint density at radius 1 is 1.33 bits per heavy atom. The van der Waals surface area contributed by atoms with Gasteiger partial charge in [-0.25, -0.2) is 4.98 Å². The average Bonchev–Trinajstić information content (AvgIpc) is 2.55. The summed E-state index contributed by atoms with van der Waals surface area (Å²) in [5.41, 5.74) is 0.977. The number of nitriles is 1. The van der Waals surface area contributed by atoms with Crippen LogP contribution >= 0.6 is 0 Å². The van der Waals surface area contributed by atoms with E-state index in [1.165, 1.54) is 14.0 Å². The molecule has 0 unspecified atom stereocenters. The standard InChI is InChI=1S/C16H16N4O4/c1-10-15(20(21)22)14(9-23-2)13(8-17)16(18-10)19-11-4-6-12(24-3)7-5-11/h4-7H,9H2,1-3H3,(H,18,19). The second-order valence-corrected chi connectivity index (χ2v) is 4.90. The van der Waals surface area contributed by atoms with Crippen LogP contribution in [-0.2, 0) is 11.3 Å². The van der Waals surface area contributed by atoms with E-state index in [-0.39, 0.29) is 34.9 Å². The fraction of sp³-hybridized carbons (Fsp3) is 0.250. The number of methoxy groups -OCH3 is 2. The Bertz CT molecular complexity index is 797. The van der Waals surface area contributed by atoms with E-state index < -0.39 is 4.92 Å². The van der Waals surface area contributed by atoms with Crippen LogP contribution in [0.15, 0.2) is 24.3 Å². The topological polar surface area (TPSA) is 110 Å². The minimum atomic E-state index is -0.547. The van der Waals surface area contributed by atoms with Crippen LogP contribution in [0.3, 0.4) is 0 Å². The molecular weight excluding hydrogens is 312 g/mol. The lowest BCUT2D eigenvalue weighted by molar-refractivity contribution is -0.386. The highest BCUT2D eigenvalue weighted by Crippen LogP contribution is 2.32. The Morgan fingerprint density at radius 2 is 2.00 bits per heavy atom. The van der Waals surface area contributed by atoms with E-state index >= 15 is 0 Å². The summed E-state index contributed by atoms with van der Waals surface area (Å²) in [6, 6.07) is 9.00. The van der Waals surface area contributed by atoms with Crippen molar-refractivity contribution in [2.75, 3.05) is 19.5 Å². The molecule has 0 aliphatic carbocycles. The van der Waals surface area contributed by atoms with Crippen molar-refractivity contribution >= 4 is 17.2 Å². The SMILES string of the molecule is COCc1c(C#N)c(Nc2ccc(OC)cc2)nc(C)c1[N+](=O)[O-]. The number of hydrogen-bond donors (Lipinski definition) is 1. The molecule has 1 aromatic heterocycles. The van der Waals surface area contributed by atoms with E-state index in [0.717, 1.165) is 0 Å². The third-order valence-corrected chi connectivity index (χ3v) is 3.38. The Balaban J connectivity index is 2.53. The van der Waals surface area contributed by atoms with Gasteiger partial charge in [0.25, 0.3) is 5.69 Å². The van der Waals surface area contributed by atoms with Gasteiger partial charge in [-0.15, -0.1) is 0 Å². The molecule has 0 spiro atoms. The Labute approximate surface area is 138 Å². The zero-order valence-electron chi connectivity index (χ0n) is 13.5. The normalized spacial score (nSPS) is 10.1. The van der Waals surface area contributed by atoms with Crippen LogP contribution < -0.4 is 10.1 Å². The fourth-order valence-electron chi connectivity index (χ4n) is 2.31. The van der Waals surface area contributed by atoms with Crippen molar-refractivity contribution in [1.82, 2.24) is 4.98 Å². The van der Waals surface area contributed by atoms with Gasteiger partial charge in [0.2, 0.25) is 0 Å². The fourth-order valence-corrected chi connectivity index (χ4v) is 2.31. The van der Waals surface area contributed by atoms with Crippen molar-refractivity contribution < 1.29 is 14.4 Å². The highest BCUT2D eigenvalue weighted by molar-refractivity contribution is 5.69. The van der Waals surface area contributed by atoms with Gasteiger partial charge in [0.05, 0.1) is 24.2 Å². The third-order valence-electron chi connectivity index (χ3n) is 3.38. The Hall–Kier alpha value is -3.18. The summed E-state index contributed by atoms with van der Waals surface area (Å²) >= 11 is 0. The van der Waals surface area contributed by atoms with Gasteiger partial charge in [-0.1, -0.05) is 0 Å². The van der Waals surface area contributed by atoms with Crippen LogP contribution in [0.1, 0.15) is 16.8 Å². The number of pyridine rings is 1. The second-order valence-electron chi connectivity index (χ2n) is 4.90. The van der Waals surface area contributed by atoms with Gasteiger partial charge in [0, 0.05) is 12.8 Å². The largest absolute Gasteiger partial charge is 0.497 e. The van der Waals surface area contributed by atoms with E-state index in [2.05, 4.69) is 10.3 Å². The monoisotopic (exact) mass is 328 g/mol. The zero-order chi connectivity index (χ0) is 17.7. The van der Waals surface area contributed by atoms with E-state index in [0.29, 0.717) is 11.4 Å². The summed E-state index contributed by atoms with van der Waals surface area (Å²) in [7, 11) is 2.98. The van der Waals surface area contributed by atoms with Gasteiger partial charge in [-0.3, -0.25) is 10.1 Å². The molecule has 1 heterocycles. The number of aryl methyl sites for hydroxylation is 1. The van der Waals surface area contributed by atoms with E-state index in [1.807, 2.05) is 6.07 Å². The number of hydrogen-bond acceptors (Lipinski definition) is 7. The number of aromatic nitrogens is 1. The van der Waals surface area contributed by atoms with E-state index in [4.69, 9.17) is 9.47 Å². The van der Waals surface area contributed by atoms with E-state index in [1.54, 1.807) is 31.4 Å². The van der Waals surface area contributed by atoms with Crippen molar-refractivity contribution in [3.8, 4) is 11.8 Å². The molecule has 8 nitrogen and oxygen atoms in total. The third kappa shape index (κ3) is 3.42. The number of nitrogens with one attached hydrogen (secondary N) is 1. The van der Waals surface area contributed by atoms with Crippen molar-refractivity contribution in [2.45, 2.75) is 13.5 Å². The first kappa shape index (κ1) is 17.2. The van der Waals surface area contributed by atoms with Crippen LogP contribution in [0.25, 0.3) is 0 Å². The van der Waals surface area contributed by atoms with Gasteiger partial charge >= 0.3 is 0 Å². The van der Waals surface area contributed by atoms with Gasteiger partial charge < -0.3 is 14.8 Å². The summed E-state index contributed by atoms with van der Waals surface area (Å²) in [6.07, 6.45) is 0. The number of ether oxygens (including phenoxy) is 2. The Morgan fingerprint density at radius 3 is 2.50 bits per heavy atom. The van der Waals surface area contributed by atoms with Crippen LogP contribution in [0.2, 0.25) is 0 Å². The quantitative estimate of drug-likeness (QED) is 0.640. The maximum Gasteiger partial charge on any atom is 0.297 e. The number of benzene rings is 1. The molecule has 0 radical (unpaired) electrons. The highest BCUT2D eigenvalue weighted by atomic mass is 16.6. The first-order chi connectivity index (χ1) is 11.5. The maximum atomic E-state index is 11.3. The lowest BCUT2D eigenvalue weighted by Gasteiger charge is -2.13. The molecule has 0 aliphatic heterocycles. The summed E-state index contributed by atoms with van der Waals surface area (Å²) in [5, 5.41) is 23.8. The molecule has 0 fully saturated rings. The van der Waals surface area contributed by atoms with Crippen LogP contribution in [0.5, 0.6) is 5.75 Å². The molecule has 0 atom stereocenters. The molecule has 0 amide bonds. The van der Waals surface area contributed by atoms with Crippen LogP contribution in [0, 0.1) is 28.4 Å². The van der Waals surface area contributed by atoms with Crippen molar-refractivity contribution in [3.63, 3.8) is 0 Å². The average molecular weight is 328 g/mol. The molecule has 124 valence electrons. The predicted molar refractivity (Wildman–Crippen MR) is 87.3 cm³/mol. The van der Waals surface area contributed by atoms with Gasteiger partial charge in [-0.2, -0.15) is 5.26 Å². The highest BCUT2D eigenvalue weighted by Gasteiger charge is 2.26. The molecule has 0 aliphatic rings. The van der Waals surface area contributed by atoms with Crippen molar-refractivity contribution in [1.29, 1.82) is 5.26 Å². The molecule has 8 heteroatoms. The summed E-state index contributed by atoms with van der Waals surface area (Å²) in [6.45, 7) is 1.47. The van der Waals surface area contributed by atoms with Crippen molar-refractivity contribution in [3.05, 3.63) is 51.2 Å². The summed E-state index contributed by atoms with van der Waals surface area (Å²) < 4.78 is 10.1. The number of nitro groups is 1. The summed E-state index contributed by atoms with van der Waals surface area (Å²) in [4.78, 5) is 14.9. The second kappa shape index (κ2) is 7.39. The Kier molecular flexibility index (Phi) is 5.29. The van der Waals surface area contributed by atoms with Crippen LogP contribution in [0.4, 0.5) is 17.2 Å².